The number of hydrogen-bond acceptors (Lipinski definition) is 3. The van der Waals surface area contributed by atoms with E-state index in [1.54, 1.807) is 0 Å². The Hall–Kier alpha value is -1.23. The van der Waals surface area contributed by atoms with Crippen LogP contribution in [0.25, 0.3) is 0 Å². The number of halogens is 1. The fourth-order valence-electron chi connectivity index (χ4n) is 3.34. The first kappa shape index (κ1) is 15.7. The highest BCUT2D eigenvalue weighted by molar-refractivity contribution is 9.10. The summed E-state index contributed by atoms with van der Waals surface area (Å²) in [4.78, 5) is 11.3. The van der Waals surface area contributed by atoms with Crippen molar-refractivity contribution < 1.29 is 19.4 Å². The SMILES string of the molecule is CC(C)c1c2c(cc(Br)c1C1(CC(=O)O)CC1)OCCCO2. The van der Waals surface area contributed by atoms with E-state index < -0.39 is 5.97 Å². The summed E-state index contributed by atoms with van der Waals surface area (Å²) in [5, 5.41) is 9.28. The molecule has 3 rings (SSSR count). The Morgan fingerprint density at radius 1 is 1.36 bits per heavy atom. The first-order chi connectivity index (χ1) is 10.4. The summed E-state index contributed by atoms with van der Waals surface area (Å²) in [6, 6.07) is 1.95. The van der Waals surface area contributed by atoms with E-state index in [9.17, 15) is 9.90 Å². The minimum Gasteiger partial charge on any atom is -0.490 e. The minimum absolute atomic E-state index is 0.172. The van der Waals surface area contributed by atoms with E-state index in [2.05, 4.69) is 29.8 Å². The van der Waals surface area contributed by atoms with Gasteiger partial charge in [-0.15, -0.1) is 0 Å². The van der Waals surface area contributed by atoms with Gasteiger partial charge < -0.3 is 14.6 Å². The Morgan fingerprint density at radius 3 is 2.64 bits per heavy atom. The molecule has 120 valence electrons. The van der Waals surface area contributed by atoms with Crippen LogP contribution in [0.3, 0.4) is 0 Å². The monoisotopic (exact) mass is 368 g/mol. The molecule has 0 atom stereocenters. The van der Waals surface area contributed by atoms with Crippen molar-refractivity contribution in [2.45, 2.75) is 50.9 Å². The zero-order valence-electron chi connectivity index (χ0n) is 12.9. The molecule has 1 aromatic carbocycles. The van der Waals surface area contributed by atoms with Gasteiger partial charge in [0.2, 0.25) is 0 Å². The highest BCUT2D eigenvalue weighted by Crippen LogP contribution is 2.58. The second-order valence-electron chi connectivity index (χ2n) is 6.53. The van der Waals surface area contributed by atoms with E-state index in [-0.39, 0.29) is 17.8 Å². The van der Waals surface area contributed by atoms with Gasteiger partial charge in [0.25, 0.3) is 0 Å². The summed E-state index contributed by atoms with van der Waals surface area (Å²) in [7, 11) is 0. The van der Waals surface area contributed by atoms with Crippen molar-refractivity contribution in [1.29, 1.82) is 0 Å². The molecule has 1 heterocycles. The van der Waals surface area contributed by atoms with Gasteiger partial charge in [-0.05, 0) is 30.4 Å². The van der Waals surface area contributed by atoms with Crippen molar-refractivity contribution in [3.05, 3.63) is 21.7 Å². The number of rotatable bonds is 4. The number of aliphatic carboxylic acids is 1. The topological polar surface area (TPSA) is 55.8 Å². The Kier molecular flexibility index (Phi) is 4.10. The average molecular weight is 369 g/mol. The molecule has 0 radical (unpaired) electrons. The average Bonchev–Trinajstić information content (AvgIpc) is 3.20. The second kappa shape index (κ2) is 5.76. The summed E-state index contributed by atoms with van der Waals surface area (Å²) in [6.07, 6.45) is 2.86. The van der Waals surface area contributed by atoms with Crippen molar-refractivity contribution in [2.24, 2.45) is 0 Å². The van der Waals surface area contributed by atoms with Crippen molar-refractivity contribution >= 4 is 21.9 Å². The molecular formula is C17H21BrO4. The van der Waals surface area contributed by atoms with Crippen LogP contribution in [-0.2, 0) is 10.2 Å². The molecular weight excluding hydrogens is 348 g/mol. The third-order valence-corrected chi connectivity index (χ3v) is 5.10. The molecule has 0 aromatic heterocycles. The van der Waals surface area contributed by atoms with Gasteiger partial charge in [-0.25, -0.2) is 0 Å². The zero-order valence-corrected chi connectivity index (χ0v) is 14.5. The standard InChI is InChI=1S/C17H21BrO4/c1-10(2)14-15(17(4-5-17)9-13(19)20)11(18)8-12-16(14)22-7-3-6-21-12/h8,10H,3-7,9H2,1-2H3,(H,19,20). The van der Waals surface area contributed by atoms with Crippen LogP contribution in [0.15, 0.2) is 10.5 Å². The number of carboxylic acid groups (broad SMARTS) is 1. The molecule has 0 bridgehead atoms. The summed E-state index contributed by atoms with van der Waals surface area (Å²) in [5.74, 6) is 1.07. The molecule has 1 saturated carbocycles. The second-order valence-corrected chi connectivity index (χ2v) is 7.38. The molecule has 1 fully saturated rings. The maximum absolute atomic E-state index is 11.3. The van der Waals surface area contributed by atoms with Crippen LogP contribution in [0.5, 0.6) is 11.5 Å². The van der Waals surface area contributed by atoms with Gasteiger partial charge in [0.1, 0.15) is 0 Å². The lowest BCUT2D eigenvalue weighted by Gasteiger charge is -2.25. The number of hydrogen-bond donors (Lipinski definition) is 1. The number of ether oxygens (including phenoxy) is 2. The molecule has 0 saturated heterocycles. The third kappa shape index (κ3) is 2.71. The number of carbonyl (C=O) groups is 1. The Bertz CT molecular complexity index is 605. The Labute approximate surface area is 138 Å². The van der Waals surface area contributed by atoms with Crippen LogP contribution in [0.4, 0.5) is 0 Å². The van der Waals surface area contributed by atoms with Crippen molar-refractivity contribution in [3.63, 3.8) is 0 Å². The molecule has 0 spiro atoms. The van der Waals surface area contributed by atoms with Crippen molar-refractivity contribution in [2.75, 3.05) is 13.2 Å². The van der Waals surface area contributed by atoms with Crippen molar-refractivity contribution in [3.8, 4) is 11.5 Å². The molecule has 5 heteroatoms. The highest BCUT2D eigenvalue weighted by atomic mass is 79.9. The van der Waals surface area contributed by atoms with E-state index in [0.717, 1.165) is 46.4 Å². The fraction of sp³-hybridized carbons (Fsp3) is 0.588. The van der Waals surface area contributed by atoms with E-state index in [4.69, 9.17) is 9.47 Å². The molecule has 0 amide bonds. The zero-order chi connectivity index (χ0) is 15.9. The number of benzene rings is 1. The molecule has 1 aliphatic heterocycles. The van der Waals surface area contributed by atoms with Crippen LogP contribution in [0.1, 0.15) is 56.6 Å². The Balaban J connectivity index is 2.17. The molecule has 1 aliphatic carbocycles. The molecule has 4 nitrogen and oxygen atoms in total. The van der Waals surface area contributed by atoms with Crippen LogP contribution in [0.2, 0.25) is 0 Å². The first-order valence-electron chi connectivity index (χ1n) is 7.79. The van der Waals surface area contributed by atoms with Crippen LogP contribution >= 0.6 is 15.9 Å². The maximum atomic E-state index is 11.3. The number of carboxylic acids is 1. The van der Waals surface area contributed by atoms with Crippen LogP contribution in [0, 0.1) is 0 Å². The van der Waals surface area contributed by atoms with Gasteiger partial charge >= 0.3 is 5.97 Å². The molecule has 1 aromatic rings. The third-order valence-electron chi connectivity index (χ3n) is 4.48. The lowest BCUT2D eigenvalue weighted by Crippen LogP contribution is -2.17. The van der Waals surface area contributed by atoms with E-state index in [0.29, 0.717) is 13.2 Å². The summed E-state index contributed by atoms with van der Waals surface area (Å²) >= 11 is 3.66. The van der Waals surface area contributed by atoms with Crippen LogP contribution in [-0.4, -0.2) is 24.3 Å². The fourth-order valence-corrected chi connectivity index (χ4v) is 4.19. The summed E-state index contributed by atoms with van der Waals surface area (Å²) < 4.78 is 12.7. The lowest BCUT2D eigenvalue weighted by atomic mass is 9.83. The highest BCUT2D eigenvalue weighted by Gasteiger charge is 2.49. The van der Waals surface area contributed by atoms with Gasteiger partial charge in [0, 0.05) is 21.9 Å². The molecule has 22 heavy (non-hydrogen) atoms. The van der Waals surface area contributed by atoms with Gasteiger partial charge in [-0.3, -0.25) is 4.79 Å². The minimum atomic E-state index is -0.744. The van der Waals surface area contributed by atoms with Gasteiger partial charge in [-0.1, -0.05) is 29.8 Å². The maximum Gasteiger partial charge on any atom is 0.304 e. The summed E-state index contributed by atoms with van der Waals surface area (Å²) in [5.41, 5.74) is 1.95. The molecule has 2 aliphatic rings. The molecule has 0 unspecified atom stereocenters. The van der Waals surface area contributed by atoms with Gasteiger partial charge in [-0.2, -0.15) is 0 Å². The van der Waals surface area contributed by atoms with E-state index in [1.165, 1.54) is 0 Å². The predicted molar refractivity (Wildman–Crippen MR) is 87.0 cm³/mol. The number of fused-ring (bicyclic) bond motifs is 1. The quantitative estimate of drug-likeness (QED) is 0.863. The Morgan fingerprint density at radius 2 is 2.05 bits per heavy atom. The predicted octanol–water partition coefficient (Wildman–Crippen LogP) is 4.24. The largest absolute Gasteiger partial charge is 0.490 e. The molecule has 1 N–H and O–H groups in total. The van der Waals surface area contributed by atoms with Crippen molar-refractivity contribution in [1.82, 2.24) is 0 Å². The van der Waals surface area contributed by atoms with Gasteiger partial charge in [0.05, 0.1) is 19.6 Å². The summed E-state index contributed by atoms with van der Waals surface area (Å²) in [6.45, 7) is 5.53. The van der Waals surface area contributed by atoms with E-state index >= 15 is 0 Å². The van der Waals surface area contributed by atoms with Crippen LogP contribution < -0.4 is 9.47 Å². The van der Waals surface area contributed by atoms with Gasteiger partial charge in [0.15, 0.2) is 11.5 Å². The smallest absolute Gasteiger partial charge is 0.304 e. The van der Waals surface area contributed by atoms with E-state index in [1.807, 2.05) is 6.07 Å². The normalized spacial score (nSPS) is 18.9. The first-order valence-corrected chi connectivity index (χ1v) is 8.58. The lowest BCUT2D eigenvalue weighted by molar-refractivity contribution is -0.137.